The van der Waals surface area contributed by atoms with Gasteiger partial charge in [0.05, 0.1) is 18.3 Å². The normalized spacial score (nSPS) is 10.9. The van der Waals surface area contributed by atoms with Gasteiger partial charge >= 0.3 is 0 Å². The Labute approximate surface area is 142 Å². The van der Waals surface area contributed by atoms with E-state index in [-0.39, 0.29) is 19.0 Å². The van der Waals surface area contributed by atoms with E-state index >= 15 is 0 Å². The molecule has 3 aromatic heterocycles. The van der Waals surface area contributed by atoms with Crippen LogP contribution in [-0.2, 0) is 17.9 Å². The first-order chi connectivity index (χ1) is 12.3. The molecule has 1 aromatic carbocycles. The second-order valence-electron chi connectivity index (χ2n) is 5.48. The minimum absolute atomic E-state index is 0.143. The molecule has 0 aliphatic rings. The molecule has 0 fully saturated rings. The topological polar surface area (TPSA) is 101 Å². The Hall–Kier alpha value is -3.55. The number of amides is 1. The van der Waals surface area contributed by atoms with Crippen LogP contribution in [0, 0.1) is 0 Å². The quantitative estimate of drug-likeness (QED) is 0.577. The highest BCUT2D eigenvalue weighted by molar-refractivity contribution is 5.81. The summed E-state index contributed by atoms with van der Waals surface area (Å²) in [6, 6.07) is 11.4. The van der Waals surface area contributed by atoms with E-state index in [1.165, 1.54) is 0 Å². The molecular weight excluding hydrogens is 318 g/mol. The van der Waals surface area contributed by atoms with E-state index in [1.807, 2.05) is 36.4 Å². The number of fused-ring (bicyclic) bond motifs is 1. The number of carbonyl (C=O) groups excluding carboxylic acids is 1. The smallest absolute Gasteiger partial charge is 0.242 e. The third-order valence-electron chi connectivity index (χ3n) is 3.77. The van der Waals surface area contributed by atoms with Crippen molar-refractivity contribution in [2.24, 2.45) is 0 Å². The summed E-state index contributed by atoms with van der Waals surface area (Å²) in [4.78, 5) is 20.5. The fourth-order valence-corrected chi connectivity index (χ4v) is 2.53. The Morgan fingerprint density at radius 1 is 1.16 bits per heavy atom. The molecule has 8 heteroatoms. The summed E-state index contributed by atoms with van der Waals surface area (Å²) < 4.78 is 1.67. The number of benzene rings is 1. The number of nitrogens with zero attached hydrogens (tertiary/aromatic N) is 5. The number of aromatic nitrogens is 6. The van der Waals surface area contributed by atoms with Crippen molar-refractivity contribution in [1.82, 2.24) is 35.3 Å². The van der Waals surface area contributed by atoms with Gasteiger partial charge in [-0.15, -0.1) is 0 Å². The van der Waals surface area contributed by atoms with Gasteiger partial charge in [0, 0.05) is 23.3 Å². The van der Waals surface area contributed by atoms with Crippen molar-refractivity contribution in [3.63, 3.8) is 0 Å². The summed E-state index contributed by atoms with van der Waals surface area (Å²) in [5, 5.41) is 15.1. The second kappa shape index (κ2) is 6.52. The van der Waals surface area contributed by atoms with Crippen LogP contribution in [0.4, 0.5) is 0 Å². The van der Waals surface area contributed by atoms with Crippen molar-refractivity contribution in [2.75, 3.05) is 0 Å². The Bertz CT molecular complexity index is 1010. The third-order valence-corrected chi connectivity index (χ3v) is 3.77. The van der Waals surface area contributed by atoms with Crippen molar-refractivity contribution in [1.29, 1.82) is 0 Å². The minimum Gasteiger partial charge on any atom is -0.347 e. The summed E-state index contributed by atoms with van der Waals surface area (Å²) >= 11 is 0. The van der Waals surface area contributed by atoms with Gasteiger partial charge in [-0.25, -0.2) is 4.98 Å². The predicted octanol–water partition coefficient (Wildman–Crippen LogP) is 1.53. The lowest BCUT2D eigenvalue weighted by atomic mass is 10.2. The number of nitrogens with one attached hydrogen (secondary N) is 2. The van der Waals surface area contributed by atoms with E-state index in [0.29, 0.717) is 11.6 Å². The maximum atomic E-state index is 12.2. The maximum absolute atomic E-state index is 12.2. The zero-order chi connectivity index (χ0) is 17.1. The Morgan fingerprint density at radius 2 is 2.00 bits per heavy atom. The molecule has 0 saturated heterocycles. The highest BCUT2D eigenvalue weighted by atomic mass is 16.2. The molecule has 0 saturated carbocycles. The van der Waals surface area contributed by atoms with Crippen molar-refractivity contribution >= 4 is 16.8 Å². The van der Waals surface area contributed by atoms with Gasteiger partial charge in [0.2, 0.25) is 5.91 Å². The Morgan fingerprint density at radius 3 is 2.88 bits per heavy atom. The highest BCUT2D eigenvalue weighted by Gasteiger charge is 2.09. The van der Waals surface area contributed by atoms with Gasteiger partial charge in [0.15, 0.2) is 5.82 Å². The Kier molecular flexibility index (Phi) is 3.91. The van der Waals surface area contributed by atoms with Crippen LogP contribution in [0.1, 0.15) is 5.82 Å². The summed E-state index contributed by atoms with van der Waals surface area (Å²) in [6.45, 7) is 0.426. The fourth-order valence-electron chi connectivity index (χ4n) is 2.53. The number of para-hydroxylation sites is 1. The number of rotatable bonds is 5. The molecule has 0 spiro atoms. The van der Waals surface area contributed by atoms with Crippen LogP contribution in [-0.4, -0.2) is 35.9 Å². The third kappa shape index (κ3) is 3.23. The summed E-state index contributed by atoms with van der Waals surface area (Å²) in [5.74, 6) is 1.02. The van der Waals surface area contributed by atoms with Gasteiger partial charge in [-0.2, -0.15) is 10.2 Å². The molecule has 0 aliphatic heterocycles. The number of carbonyl (C=O) groups is 1. The van der Waals surface area contributed by atoms with E-state index in [2.05, 4.69) is 30.6 Å². The van der Waals surface area contributed by atoms with Crippen LogP contribution in [0.3, 0.4) is 0 Å². The van der Waals surface area contributed by atoms with Gasteiger partial charge in [-0.1, -0.05) is 18.2 Å². The summed E-state index contributed by atoms with van der Waals surface area (Å²) in [5.41, 5.74) is 1.80. The van der Waals surface area contributed by atoms with Crippen molar-refractivity contribution in [3.8, 4) is 11.4 Å². The number of hydrogen-bond acceptors (Lipinski definition) is 5. The molecule has 3 heterocycles. The SMILES string of the molecule is O=C(Cn1ncc2ccccc21)NCc1nc(-c2ccncc2)n[nH]1. The lowest BCUT2D eigenvalue weighted by Crippen LogP contribution is -2.27. The molecule has 0 atom stereocenters. The largest absolute Gasteiger partial charge is 0.347 e. The molecule has 8 nitrogen and oxygen atoms in total. The van der Waals surface area contributed by atoms with Crippen LogP contribution >= 0.6 is 0 Å². The molecule has 4 aromatic rings. The number of pyridine rings is 1. The van der Waals surface area contributed by atoms with E-state index in [9.17, 15) is 4.79 Å². The van der Waals surface area contributed by atoms with Crippen LogP contribution in [0.25, 0.3) is 22.3 Å². The molecule has 124 valence electrons. The standard InChI is InChI=1S/C17H15N7O/c25-16(11-24-14-4-2-1-3-13(14)9-20-24)19-10-15-21-17(23-22-15)12-5-7-18-8-6-12/h1-9H,10-11H2,(H,19,25)(H,21,22,23). The van der Waals surface area contributed by atoms with Crippen molar-refractivity contribution in [3.05, 3.63) is 60.8 Å². The van der Waals surface area contributed by atoms with Gasteiger partial charge in [0.25, 0.3) is 0 Å². The van der Waals surface area contributed by atoms with Gasteiger partial charge in [0.1, 0.15) is 12.4 Å². The van der Waals surface area contributed by atoms with Crippen molar-refractivity contribution < 1.29 is 4.79 Å². The number of H-pyrrole nitrogens is 1. The van der Waals surface area contributed by atoms with Crippen LogP contribution < -0.4 is 5.32 Å². The lowest BCUT2D eigenvalue weighted by molar-refractivity contribution is -0.122. The number of aromatic amines is 1. The average molecular weight is 333 g/mol. The summed E-state index contributed by atoms with van der Waals surface area (Å²) in [6.07, 6.45) is 5.11. The molecule has 4 rings (SSSR count). The molecule has 0 bridgehead atoms. The molecule has 0 unspecified atom stereocenters. The molecule has 25 heavy (non-hydrogen) atoms. The first kappa shape index (κ1) is 15.0. The van der Waals surface area contributed by atoms with E-state index in [0.717, 1.165) is 16.5 Å². The molecule has 1 amide bonds. The monoisotopic (exact) mass is 333 g/mol. The first-order valence-corrected chi connectivity index (χ1v) is 7.78. The maximum Gasteiger partial charge on any atom is 0.242 e. The van der Waals surface area contributed by atoms with Crippen molar-refractivity contribution in [2.45, 2.75) is 13.1 Å². The van der Waals surface area contributed by atoms with Crippen LogP contribution in [0.2, 0.25) is 0 Å². The molecule has 0 aliphatic carbocycles. The second-order valence-corrected chi connectivity index (χ2v) is 5.48. The van der Waals surface area contributed by atoms with E-state index in [4.69, 9.17) is 0 Å². The highest BCUT2D eigenvalue weighted by Crippen LogP contribution is 2.13. The Balaban J connectivity index is 1.38. The van der Waals surface area contributed by atoms with E-state index in [1.54, 1.807) is 23.3 Å². The average Bonchev–Trinajstić information content (AvgIpc) is 3.28. The van der Waals surface area contributed by atoms with Gasteiger partial charge < -0.3 is 5.32 Å². The van der Waals surface area contributed by atoms with E-state index < -0.39 is 0 Å². The molecule has 2 N–H and O–H groups in total. The minimum atomic E-state index is -0.143. The van der Waals surface area contributed by atoms with Crippen LogP contribution in [0.15, 0.2) is 55.0 Å². The van der Waals surface area contributed by atoms with Gasteiger partial charge in [-0.05, 0) is 18.2 Å². The molecular formula is C17H15N7O. The zero-order valence-electron chi connectivity index (χ0n) is 13.3. The lowest BCUT2D eigenvalue weighted by Gasteiger charge is -2.04. The zero-order valence-corrected chi connectivity index (χ0v) is 13.3. The first-order valence-electron chi connectivity index (χ1n) is 7.78. The van der Waals surface area contributed by atoms with Gasteiger partial charge in [-0.3, -0.25) is 19.6 Å². The number of hydrogen-bond donors (Lipinski definition) is 2. The summed E-state index contributed by atoms with van der Waals surface area (Å²) in [7, 11) is 0. The van der Waals surface area contributed by atoms with Crippen LogP contribution in [0.5, 0.6) is 0 Å². The molecule has 0 radical (unpaired) electrons. The fraction of sp³-hybridized carbons (Fsp3) is 0.118. The predicted molar refractivity (Wildman–Crippen MR) is 91.2 cm³/mol.